The van der Waals surface area contributed by atoms with Crippen LogP contribution in [0.5, 0.6) is 5.75 Å². The van der Waals surface area contributed by atoms with Gasteiger partial charge in [0.1, 0.15) is 5.75 Å². The summed E-state index contributed by atoms with van der Waals surface area (Å²) in [4.78, 5) is 32.3. The first kappa shape index (κ1) is 21.8. The first-order valence-corrected chi connectivity index (χ1v) is 10.7. The lowest BCUT2D eigenvalue weighted by molar-refractivity contribution is -0.143. The number of ether oxygens (including phenoxy) is 1. The molecule has 2 amide bonds. The second-order valence-corrected chi connectivity index (χ2v) is 7.79. The van der Waals surface area contributed by atoms with E-state index in [0.29, 0.717) is 19.4 Å². The van der Waals surface area contributed by atoms with Gasteiger partial charge in [-0.3, -0.25) is 14.6 Å². The van der Waals surface area contributed by atoms with Crippen molar-refractivity contribution in [2.45, 2.75) is 51.6 Å². The number of amides is 2. The first-order chi connectivity index (χ1) is 14.5. The summed E-state index contributed by atoms with van der Waals surface area (Å²) >= 11 is 0. The summed E-state index contributed by atoms with van der Waals surface area (Å²) in [6.45, 7) is 4.70. The lowest BCUT2D eigenvalue weighted by Gasteiger charge is -2.41. The number of piperidine rings is 1. The van der Waals surface area contributed by atoms with Crippen molar-refractivity contribution < 1.29 is 14.3 Å². The minimum Gasteiger partial charge on any atom is -0.497 e. The van der Waals surface area contributed by atoms with E-state index in [9.17, 15) is 9.59 Å². The number of unbranched alkanes of at least 4 members (excludes halogenated alkanes) is 1. The molecule has 2 heterocycles. The van der Waals surface area contributed by atoms with Gasteiger partial charge in [-0.15, -0.1) is 0 Å². The molecule has 6 heteroatoms. The number of carbonyl (C=O) groups excluding carboxylic acids is 2. The van der Waals surface area contributed by atoms with Gasteiger partial charge >= 0.3 is 0 Å². The molecule has 0 saturated carbocycles. The average Bonchev–Trinajstić information content (AvgIpc) is 2.78. The number of carbonyl (C=O) groups is 2. The van der Waals surface area contributed by atoms with Crippen molar-refractivity contribution in [3.8, 4) is 5.75 Å². The van der Waals surface area contributed by atoms with E-state index < -0.39 is 0 Å². The lowest BCUT2D eigenvalue weighted by Crippen LogP contribution is -2.48. The van der Waals surface area contributed by atoms with Crippen LogP contribution < -0.4 is 10.1 Å². The van der Waals surface area contributed by atoms with Gasteiger partial charge in [0, 0.05) is 19.2 Å². The Bertz CT molecular complexity index is 839. The molecule has 1 saturated heterocycles. The summed E-state index contributed by atoms with van der Waals surface area (Å²) in [5.74, 6) is 0.527. The Morgan fingerprint density at radius 3 is 2.67 bits per heavy atom. The fourth-order valence-corrected chi connectivity index (χ4v) is 4.06. The SMILES string of the molecule is CCCCN1C(=O)CCC(C(=O)NC(C)c2ccccn2)C1c1ccc(OC)cc1. The van der Waals surface area contributed by atoms with Gasteiger partial charge in [0.15, 0.2) is 0 Å². The molecule has 1 N–H and O–H groups in total. The number of likely N-dealkylation sites (tertiary alicyclic amines) is 1. The van der Waals surface area contributed by atoms with Gasteiger partial charge in [-0.1, -0.05) is 31.5 Å². The Hall–Kier alpha value is -2.89. The van der Waals surface area contributed by atoms with Crippen molar-refractivity contribution in [2.75, 3.05) is 13.7 Å². The van der Waals surface area contributed by atoms with Crippen molar-refractivity contribution in [1.82, 2.24) is 15.2 Å². The van der Waals surface area contributed by atoms with Crippen LogP contribution in [0.2, 0.25) is 0 Å². The van der Waals surface area contributed by atoms with E-state index in [1.165, 1.54) is 0 Å². The minimum atomic E-state index is -0.306. The summed E-state index contributed by atoms with van der Waals surface area (Å²) in [6, 6.07) is 12.9. The molecule has 1 fully saturated rings. The molecule has 0 spiro atoms. The molecule has 1 aliphatic rings. The van der Waals surface area contributed by atoms with Gasteiger partial charge in [0.25, 0.3) is 0 Å². The van der Waals surface area contributed by atoms with Gasteiger partial charge in [-0.05, 0) is 49.6 Å². The fraction of sp³-hybridized carbons (Fsp3) is 0.458. The van der Waals surface area contributed by atoms with E-state index in [0.717, 1.165) is 29.8 Å². The van der Waals surface area contributed by atoms with Crippen LogP contribution in [-0.2, 0) is 9.59 Å². The molecular weight excluding hydrogens is 378 g/mol. The Kier molecular flexibility index (Phi) is 7.44. The van der Waals surface area contributed by atoms with Crippen molar-refractivity contribution >= 4 is 11.8 Å². The van der Waals surface area contributed by atoms with E-state index in [1.54, 1.807) is 13.3 Å². The van der Waals surface area contributed by atoms with Crippen molar-refractivity contribution in [2.24, 2.45) is 5.92 Å². The highest BCUT2D eigenvalue weighted by Crippen LogP contribution is 2.38. The third-order valence-electron chi connectivity index (χ3n) is 5.74. The van der Waals surface area contributed by atoms with Crippen molar-refractivity contribution in [3.05, 3.63) is 59.9 Å². The summed E-state index contributed by atoms with van der Waals surface area (Å²) in [6.07, 6.45) is 4.57. The predicted molar refractivity (Wildman–Crippen MR) is 116 cm³/mol. The molecule has 0 radical (unpaired) electrons. The largest absolute Gasteiger partial charge is 0.497 e. The van der Waals surface area contributed by atoms with Crippen LogP contribution in [0.3, 0.4) is 0 Å². The van der Waals surface area contributed by atoms with Crippen LogP contribution in [0, 0.1) is 5.92 Å². The third-order valence-corrected chi connectivity index (χ3v) is 5.74. The number of benzene rings is 1. The first-order valence-electron chi connectivity index (χ1n) is 10.7. The van der Waals surface area contributed by atoms with E-state index in [2.05, 4.69) is 17.2 Å². The average molecular weight is 410 g/mol. The molecule has 1 aliphatic heterocycles. The zero-order chi connectivity index (χ0) is 21.5. The molecule has 1 aromatic heterocycles. The molecule has 3 unspecified atom stereocenters. The van der Waals surface area contributed by atoms with Gasteiger partial charge < -0.3 is 15.0 Å². The highest BCUT2D eigenvalue weighted by Gasteiger charge is 2.40. The molecule has 6 nitrogen and oxygen atoms in total. The molecule has 160 valence electrons. The smallest absolute Gasteiger partial charge is 0.226 e. The lowest BCUT2D eigenvalue weighted by atomic mass is 9.83. The number of methoxy groups -OCH3 is 1. The third kappa shape index (κ3) is 4.99. The number of pyridine rings is 1. The number of aromatic nitrogens is 1. The second-order valence-electron chi connectivity index (χ2n) is 7.79. The van der Waals surface area contributed by atoms with Crippen LogP contribution in [0.1, 0.15) is 62.9 Å². The zero-order valence-corrected chi connectivity index (χ0v) is 18.0. The maximum absolute atomic E-state index is 13.3. The van der Waals surface area contributed by atoms with Gasteiger partial charge in [0.05, 0.1) is 30.8 Å². The monoisotopic (exact) mass is 409 g/mol. The van der Waals surface area contributed by atoms with Crippen LogP contribution in [0.15, 0.2) is 48.7 Å². The molecule has 3 rings (SSSR count). The Morgan fingerprint density at radius 1 is 1.27 bits per heavy atom. The van der Waals surface area contributed by atoms with E-state index in [-0.39, 0.29) is 29.8 Å². The maximum atomic E-state index is 13.3. The van der Waals surface area contributed by atoms with Crippen LogP contribution in [0.4, 0.5) is 0 Å². The summed E-state index contributed by atoms with van der Waals surface area (Å²) in [5, 5.41) is 3.12. The molecule has 30 heavy (non-hydrogen) atoms. The van der Waals surface area contributed by atoms with Gasteiger partial charge in [0.2, 0.25) is 11.8 Å². The normalized spacial score (nSPS) is 20.0. The molecular formula is C24H31N3O3. The highest BCUT2D eigenvalue weighted by molar-refractivity contribution is 5.85. The number of hydrogen-bond acceptors (Lipinski definition) is 4. The van der Waals surface area contributed by atoms with E-state index in [1.807, 2.05) is 54.3 Å². The van der Waals surface area contributed by atoms with Crippen molar-refractivity contribution in [3.63, 3.8) is 0 Å². The van der Waals surface area contributed by atoms with Gasteiger partial charge in [-0.25, -0.2) is 0 Å². The van der Waals surface area contributed by atoms with Crippen LogP contribution in [0.25, 0.3) is 0 Å². The van der Waals surface area contributed by atoms with Crippen molar-refractivity contribution in [1.29, 1.82) is 0 Å². The standard InChI is InChI=1S/C24H31N3O3/c1-4-5-16-27-22(28)14-13-20(23(27)18-9-11-19(30-3)12-10-18)24(29)26-17(2)21-8-6-7-15-25-21/h6-12,15,17,20,23H,4-5,13-14,16H2,1-3H3,(H,26,29). The van der Waals surface area contributed by atoms with Crippen LogP contribution >= 0.6 is 0 Å². The molecule has 1 aromatic carbocycles. The number of rotatable bonds is 8. The molecule has 0 aliphatic carbocycles. The Morgan fingerprint density at radius 2 is 2.03 bits per heavy atom. The molecule has 3 atom stereocenters. The van der Waals surface area contributed by atoms with E-state index >= 15 is 0 Å². The Labute approximate surface area is 178 Å². The molecule has 0 bridgehead atoms. The van der Waals surface area contributed by atoms with E-state index in [4.69, 9.17) is 4.74 Å². The predicted octanol–water partition coefficient (Wildman–Crippen LogP) is 4.05. The second kappa shape index (κ2) is 10.2. The van der Waals surface area contributed by atoms with Crippen LogP contribution in [-0.4, -0.2) is 35.4 Å². The summed E-state index contributed by atoms with van der Waals surface area (Å²) < 4.78 is 5.28. The topological polar surface area (TPSA) is 71.5 Å². The Balaban J connectivity index is 1.86. The number of hydrogen-bond donors (Lipinski definition) is 1. The summed E-state index contributed by atoms with van der Waals surface area (Å²) in [7, 11) is 1.63. The minimum absolute atomic E-state index is 0.0389. The molecule has 2 aromatic rings. The number of nitrogens with zero attached hydrogens (tertiary/aromatic N) is 2. The maximum Gasteiger partial charge on any atom is 0.226 e. The highest BCUT2D eigenvalue weighted by atomic mass is 16.5. The van der Waals surface area contributed by atoms with Gasteiger partial charge in [-0.2, -0.15) is 0 Å². The fourth-order valence-electron chi connectivity index (χ4n) is 4.06. The quantitative estimate of drug-likeness (QED) is 0.714. The zero-order valence-electron chi connectivity index (χ0n) is 18.0. The summed E-state index contributed by atoms with van der Waals surface area (Å²) in [5.41, 5.74) is 1.78. The number of nitrogens with one attached hydrogen (secondary N) is 1.